The van der Waals surface area contributed by atoms with Crippen molar-refractivity contribution < 1.29 is 9.59 Å². The molecule has 1 N–H and O–H groups in total. The number of halogens is 1. The van der Waals surface area contributed by atoms with Crippen molar-refractivity contribution >= 4 is 35.2 Å². The number of hydrogen-bond acceptors (Lipinski definition) is 4. The molecule has 7 heteroatoms. The van der Waals surface area contributed by atoms with Crippen molar-refractivity contribution in [2.24, 2.45) is 0 Å². The number of likely N-dealkylation sites (tertiary alicyclic amines) is 1. The zero-order valence-electron chi connectivity index (χ0n) is 17.7. The Bertz CT molecular complexity index is 913. The lowest BCUT2D eigenvalue weighted by atomic mass is 9.84. The molecule has 0 saturated carbocycles. The Labute approximate surface area is 187 Å². The van der Waals surface area contributed by atoms with E-state index >= 15 is 0 Å². The Morgan fingerprint density at radius 2 is 1.97 bits per heavy atom. The lowest BCUT2D eigenvalue weighted by Crippen LogP contribution is -2.37. The molecule has 2 heterocycles. The van der Waals surface area contributed by atoms with Crippen LogP contribution >= 0.6 is 23.4 Å². The minimum Gasteiger partial charge on any atom is -0.351 e. The van der Waals surface area contributed by atoms with Crippen LogP contribution in [0.5, 0.6) is 0 Å². The Morgan fingerprint density at radius 3 is 2.67 bits per heavy atom. The number of aromatic nitrogens is 1. The second kappa shape index (κ2) is 9.84. The maximum absolute atomic E-state index is 12.9. The van der Waals surface area contributed by atoms with Crippen molar-refractivity contribution in [2.45, 2.75) is 49.3 Å². The first-order chi connectivity index (χ1) is 14.3. The lowest BCUT2D eigenvalue weighted by molar-refractivity contribution is -0.129. The van der Waals surface area contributed by atoms with Gasteiger partial charge in [0.2, 0.25) is 5.91 Å². The third-order valence-electron chi connectivity index (χ3n) is 5.37. The molecule has 0 bridgehead atoms. The van der Waals surface area contributed by atoms with Crippen LogP contribution in [0.15, 0.2) is 47.6 Å². The minimum atomic E-state index is -0.285. The quantitative estimate of drug-likeness (QED) is 0.635. The first-order valence-electron chi connectivity index (χ1n) is 10.2. The Kier molecular flexibility index (Phi) is 7.42. The van der Waals surface area contributed by atoms with Crippen LogP contribution in [0.25, 0.3) is 0 Å². The molecule has 0 aliphatic carbocycles. The fourth-order valence-corrected chi connectivity index (χ4v) is 4.66. The van der Waals surface area contributed by atoms with Gasteiger partial charge in [-0.1, -0.05) is 49.3 Å². The van der Waals surface area contributed by atoms with Gasteiger partial charge >= 0.3 is 0 Å². The Hall–Kier alpha value is -2.05. The largest absolute Gasteiger partial charge is 0.351 e. The highest BCUT2D eigenvalue weighted by Gasteiger charge is 2.27. The number of carbonyl (C=O) groups excluding carboxylic acids is 2. The molecule has 1 atom stereocenters. The van der Waals surface area contributed by atoms with E-state index in [1.54, 1.807) is 18.3 Å². The van der Waals surface area contributed by atoms with Crippen molar-refractivity contribution in [3.63, 3.8) is 0 Å². The van der Waals surface area contributed by atoms with Gasteiger partial charge in [0.05, 0.1) is 10.8 Å². The van der Waals surface area contributed by atoms with Gasteiger partial charge in [0, 0.05) is 36.3 Å². The van der Waals surface area contributed by atoms with Gasteiger partial charge in [-0.15, -0.1) is 0 Å². The predicted molar refractivity (Wildman–Crippen MR) is 122 cm³/mol. The topological polar surface area (TPSA) is 62.3 Å². The summed E-state index contributed by atoms with van der Waals surface area (Å²) in [6.07, 6.45) is 3.77. The molecule has 30 heavy (non-hydrogen) atoms. The lowest BCUT2D eigenvalue weighted by Gasteiger charge is -2.26. The molecule has 160 valence electrons. The van der Waals surface area contributed by atoms with Crippen LogP contribution in [0, 0.1) is 0 Å². The minimum absolute atomic E-state index is 0.108. The number of hydrogen-bond donors (Lipinski definition) is 1. The normalized spacial score (nSPS) is 15.1. The molecule has 0 spiro atoms. The fraction of sp³-hybridized carbons (Fsp3) is 0.435. The summed E-state index contributed by atoms with van der Waals surface area (Å²) >= 11 is 7.47. The molecule has 1 aliphatic rings. The second-order valence-corrected chi connectivity index (χ2v) is 9.99. The molecule has 2 aromatic rings. The average Bonchev–Trinajstić information content (AvgIpc) is 3.27. The van der Waals surface area contributed by atoms with Crippen LogP contribution < -0.4 is 5.32 Å². The molecule has 1 aromatic carbocycles. The zero-order chi connectivity index (χ0) is 21.7. The van der Waals surface area contributed by atoms with Crippen LogP contribution in [0.1, 0.15) is 49.5 Å². The molecular formula is C23H28ClN3O2S. The van der Waals surface area contributed by atoms with Gasteiger partial charge in [0.15, 0.2) is 0 Å². The van der Waals surface area contributed by atoms with E-state index in [0.717, 1.165) is 31.5 Å². The molecule has 5 nitrogen and oxygen atoms in total. The highest BCUT2D eigenvalue weighted by atomic mass is 35.5. The third kappa shape index (κ3) is 5.55. The number of thioether (sulfide) groups is 1. The van der Waals surface area contributed by atoms with Crippen molar-refractivity contribution in [3.05, 3.63) is 58.7 Å². The van der Waals surface area contributed by atoms with Crippen LogP contribution in [0.2, 0.25) is 5.02 Å². The predicted octanol–water partition coefficient (Wildman–Crippen LogP) is 4.55. The highest BCUT2D eigenvalue weighted by molar-refractivity contribution is 8.00. The maximum Gasteiger partial charge on any atom is 0.254 e. The third-order valence-corrected chi connectivity index (χ3v) is 6.71. The molecule has 0 radical (unpaired) electrons. The maximum atomic E-state index is 12.9. The molecule has 2 amide bonds. The van der Waals surface area contributed by atoms with E-state index < -0.39 is 0 Å². The fourth-order valence-electron chi connectivity index (χ4n) is 3.48. The summed E-state index contributed by atoms with van der Waals surface area (Å²) in [5, 5.41) is 3.99. The van der Waals surface area contributed by atoms with Gasteiger partial charge < -0.3 is 10.2 Å². The SMILES string of the molecule is CC(Sc1ncccc1C(=O)NCC(C)(C)c1cccc(Cl)c1)C(=O)N1CCCC1. The molecule has 1 aromatic heterocycles. The van der Waals surface area contributed by atoms with E-state index in [2.05, 4.69) is 24.1 Å². The van der Waals surface area contributed by atoms with E-state index in [4.69, 9.17) is 11.6 Å². The van der Waals surface area contributed by atoms with Gasteiger partial charge in [-0.05, 0) is 49.6 Å². The first kappa shape index (κ1) is 22.6. The smallest absolute Gasteiger partial charge is 0.254 e. The highest BCUT2D eigenvalue weighted by Crippen LogP contribution is 2.28. The molecule has 1 aliphatic heterocycles. The number of pyridine rings is 1. The summed E-state index contributed by atoms with van der Waals surface area (Å²) < 4.78 is 0. The van der Waals surface area contributed by atoms with Gasteiger partial charge in [-0.3, -0.25) is 9.59 Å². The average molecular weight is 446 g/mol. The van der Waals surface area contributed by atoms with E-state index in [0.29, 0.717) is 22.2 Å². The zero-order valence-corrected chi connectivity index (χ0v) is 19.2. The van der Waals surface area contributed by atoms with Crippen molar-refractivity contribution in [1.82, 2.24) is 15.2 Å². The van der Waals surface area contributed by atoms with Gasteiger partial charge in [-0.2, -0.15) is 0 Å². The first-order valence-corrected chi connectivity index (χ1v) is 11.5. The van der Waals surface area contributed by atoms with Gasteiger partial charge in [-0.25, -0.2) is 4.98 Å². The molecule has 1 saturated heterocycles. The molecule has 1 fully saturated rings. The number of benzene rings is 1. The van der Waals surface area contributed by atoms with E-state index in [1.165, 1.54) is 11.8 Å². The van der Waals surface area contributed by atoms with E-state index in [9.17, 15) is 9.59 Å². The van der Waals surface area contributed by atoms with Crippen molar-refractivity contribution in [3.8, 4) is 0 Å². The molecule has 1 unspecified atom stereocenters. The van der Waals surface area contributed by atoms with Gasteiger partial charge in [0.1, 0.15) is 5.03 Å². The monoisotopic (exact) mass is 445 g/mol. The van der Waals surface area contributed by atoms with Crippen molar-refractivity contribution in [2.75, 3.05) is 19.6 Å². The van der Waals surface area contributed by atoms with Crippen molar-refractivity contribution in [1.29, 1.82) is 0 Å². The Morgan fingerprint density at radius 1 is 1.23 bits per heavy atom. The number of carbonyl (C=O) groups is 2. The number of amides is 2. The van der Waals surface area contributed by atoms with Gasteiger partial charge in [0.25, 0.3) is 5.91 Å². The standard InChI is InChI=1S/C23H28ClN3O2S/c1-16(22(29)27-12-4-5-13-27)30-21-19(10-7-11-25-21)20(28)26-15-23(2,3)17-8-6-9-18(24)14-17/h6-11,14,16H,4-5,12-13,15H2,1-3H3,(H,26,28). The number of nitrogens with one attached hydrogen (secondary N) is 1. The molecule has 3 rings (SSSR count). The van der Waals surface area contributed by atoms with E-state index in [1.807, 2.05) is 36.1 Å². The summed E-state index contributed by atoms with van der Waals surface area (Å²) in [6, 6.07) is 11.2. The summed E-state index contributed by atoms with van der Waals surface area (Å²) in [5.74, 6) is -0.0851. The van der Waals surface area contributed by atoms with Crippen LogP contribution in [-0.4, -0.2) is 46.6 Å². The number of rotatable bonds is 7. The summed E-state index contributed by atoms with van der Waals surface area (Å²) in [5.41, 5.74) is 1.26. The summed E-state index contributed by atoms with van der Waals surface area (Å²) in [6.45, 7) is 8.09. The summed E-state index contributed by atoms with van der Waals surface area (Å²) in [7, 11) is 0. The molecular weight excluding hydrogens is 418 g/mol. The Balaban J connectivity index is 1.67. The van der Waals surface area contributed by atoms with E-state index in [-0.39, 0.29) is 22.5 Å². The summed E-state index contributed by atoms with van der Waals surface area (Å²) in [4.78, 5) is 31.8. The second-order valence-electron chi connectivity index (χ2n) is 8.23. The van der Waals surface area contributed by atoms with Crippen LogP contribution in [0.4, 0.5) is 0 Å². The van der Waals surface area contributed by atoms with Crippen LogP contribution in [-0.2, 0) is 10.2 Å². The van der Waals surface area contributed by atoms with Crippen LogP contribution in [0.3, 0.4) is 0 Å². The number of nitrogens with zero attached hydrogens (tertiary/aromatic N) is 2.